The van der Waals surface area contributed by atoms with Crippen LogP contribution in [0.25, 0.3) is 0 Å². The second-order valence-electron chi connectivity index (χ2n) is 5.24. The average molecular weight is 222 g/mol. The molecule has 0 aromatic rings. The van der Waals surface area contributed by atoms with Crippen molar-refractivity contribution in [3.8, 4) is 0 Å². The molecule has 2 nitrogen and oxygen atoms in total. The first-order chi connectivity index (χ1) is 7.43. The van der Waals surface area contributed by atoms with Crippen LogP contribution < -0.4 is 0 Å². The molecule has 0 aromatic carbocycles. The van der Waals surface area contributed by atoms with Gasteiger partial charge < -0.3 is 4.74 Å². The van der Waals surface area contributed by atoms with Crippen LogP contribution in [0.15, 0.2) is 24.0 Å². The minimum Gasteiger partial charge on any atom is -0.435 e. The highest BCUT2D eigenvalue weighted by Crippen LogP contribution is 2.42. The Morgan fingerprint density at radius 1 is 1.62 bits per heavy atom. The lowest BCUT2D eigenvalue weighted by Gasteiger charge is -2.38. The molecule has 0 amide bonds. The predicted molar refractivity (Wildman–Crippen MR) is 65.8 cm³/mol. The maximum Gasteiger partial charge on any atom is 0.307 e. The normalized spacial score (nSPS) is 24.2. The van der Waals surface area contributed by atoms with Crippen molar-refractivity contribution < 1.29 is 9.53 Å². The van der Waals surface area contributed by atoms with Crippen LogP contribution in [0, 0.1) is 11.3 Å². The summed E-state index contributed by atoms with van der Waals surface area (Å²) < 4.78 is 4.80. The molecule has 16 heavy (non-hydrogen) atoms. The lowest BCUT2D eigenvalue weighted by molar-refractivity contribution is -0.135. The lowest BCUT2D eigenvalue weighted by Crippen LogP contribution is -2.27. The van der Waals surface area contributed by atoms with Gasteiger partial charge in [-0.3, -0.25) is 4.79 Å². The van der Waals surface area contributed by atoms with Gasteiger partial charge in [0.25, 0.3) is 0 Å². The van der Waals surface area contributed by atoms with Crippen LogP contribution in [-0.4, -0.2) is 5.97 Å². The Morgan fingerprint density at radius 3 is 2.88 bits per heavy atom. The Balaban J connectivity index is 2.57. The van der Waals surface area contributed by atoms with Crippen molar-refractivity contribution in [3.05, 3.63) is 24.0 Å². The third-order valence-corrected chi connectivity index (χ3v) is 3.45. The number of hydrogen-bond donors (Lipinski definition) is 0. The molecule has 0 aromatic heterocycles. The molecular formula is C14H22O2. The van der Waals surface area contributed by atoms with Crippen LogP contribution in [0.3, 0.4) is 0 Å². The standard InChI is InChI=1S/C14H22O2/c1-11-7-5-9-14(3,4)13(11)8-6-10-16-12(2)15/h6-7,10,13H,5,8-9H2,1-4H3. The van der Waals surface area contributed by atoms with Crippen LogP contribution in [0.5, 0.6) is 0 Å². The molecule has 0 heterocycles. The second kappa shape index (κ2) is 5.33. The Labute approximate surface area is 98.4 Å². The van der Waals surface area contributed by atoms with E-state index in [0.717, 1.165) is 6.42 Å². The zero-order chi connectivity index (χ0) is 12.2. The molecule has 0 saturated heterocycles. The predicted octanol–water partition coefficient (Wildman–Crippen LogP) is 3.84. The molecule has 1 aliphatic carbocycles. The number of carbonyl (C=O) groups excluding carboxylic acids is 1. The van der Waals surface area contributed by atoms with Gasteiger partial charge in [0.15, 0.2) is 0 Å². The summed E-state index contributed by atoms with van der Waals surface area (Å²) in [6, 6.07) is 0. The monoisotopic (exact) mass is 222 g/mol. The van der Waals surface area contributed by atoms with Crippen molar-refractivity contribution >= 4 is 5.97 Å². The summed E-state index contributed by atoms with van der Waals surface area (Å²) in [5, 5.41) is 0. The minimum atomic E-state index is -0.258. The number of esters is 1. The van der Waals surface area contributed by atoms with E-state index in [4.69, 9.17) is 4.74 Å². The van der Waals surface area contributed by atoms with Gasteiger partial charge in [-0.1, -0.05) is 25.5 Å². The number of hydrogen-bond acceptors (Lipinski definition) is 2. The van der Waals surface area contributed by atoms with E-state index in [9.17, 15) is 4.79 Å². The van der Waals surface area contributed by atoms with Crippen molar-refractivity contribution in [1.82, 2.24) is 0 Å². The Kier molecular flexibility index (Phi) is 4.34. The number of carbonyl (C=O) groups is 1. The maximum atomic E-state index is 10.6. The Morgan fingerprint density at radius 2 is 2.31 bits per heavy atom. The van der Waals surface area contributed by atoms with Crippen molar-refractivity contribution in [2.45, 2.75) is 47.0 Å². The lowest BCUT2D eigenvalue weighted by atomic mass is 9.67. The van der Waals surface area contributed by atoms with Gasteiger partial charge >= 0.3 is 5.97 Å². The summed E-state index contributed by atoms with van der Waals surface area (Å²) in [7, 11) is 0. The van der Waals surface area contributed by atoms with E-state index in [1.54, 1.807) is 0 Å². The van der Waals surface area contributed by atoms with Crippen molar-refractivity contribution in [1.29, 1.82) is 0 Å². The van der Waals surface area contributed by atoms with Crippen LogP contribution >= 0.6 is 0 Å². The Bertz CT molecular complexity index is 311. The SMILES string of the molecule is CC(=O)OC=CCC1C(C)=CCCC1(C)C. The number of rotatable bonds is 3. The van der Waals surface area contributed by atoms with Gasteiger partial charge in [0.2, 0.25) is 0 Å². The summed E-state index contributed by atoms with van der Waals surface area (Å²) in [5.74, 6) is 0.305. The van der Waals surface area contributed by atoms with Gasteiger partial charge in [-0.25, -0.2) is 0 Å². The van der Waals surface area contributed by atoms with E-state index in [2.05, 4.69) is 26.8 Å². The van der Waals surface area contributed by atoms with Gasteiger partial charge in [0, 0.05) is 6.92 Å². The molecule has 0 bridgehead atoms. The van der Waals surface area contributed by atoms with Crippen LogP contribution in [0.2, 0.25) is 0 Å². The zero-order valence-electron chi connectivity index (χ0n) is 10.7. The van der Waals surface area contributed by atoms with Gasteiger partial charge in [-0.15, -0.1) is 0 Å². The van der Waals surface area contributed by atoms with Crippen molar-refractivity contribution in [2.24, 2.45) is 11.3 Å². The molecule has 0 fully saturated rings. The van der Waals surface area contributed by atoms with Gasteiger partial charge in [-0.2, -0.15) is 0 Å². The molecule has 0 radical (unpaired) electrons. The molecule has 0 spiro atoms. The third kappa shape index (κ3) is 3.51. The quantitative estimate of drug-likeness (QED) is 0.412. The van der Waals surface area contributed by atoms with E-state index in [1.165, 1.54) is 31.6 Å². The largest absolute Gasteiger partial charge is 0.435 e. The average Bonchev–Trinajstić information content (AvgIpc) is 2.14. The summed E-state index contributed by atoms with van der Waals surface area (Å²) >= 11 is 0. The van der Waals surface area contributed by atoms with E-state index in [-0.39, 0.29) is 5.97 Å². The highest BCUT2D eigenvalue weighted by molar-refractivity contribution is 5.66. The molecule has 90 valence electrons. The topological polar surface area (TPSA) is 26.3 Å². The molecule has 1 atom stereocenters. The van der Waals surface area contributed by atoms with Crippen molar-refractivity contribution in [3.63, 3.8) is 0 Å². The van der Waals surface area contributed by atoms with E-state index in [1.807, 2.05) is 6.08 Å². The van der Waals surface area contributed by atoms with E-state index >= 15 is 0 Å². The highest BCUT2D eigenvalue weighted by Gasteiger charge is 2.31. The first-order valence-electron chi connectivity index (χ1n) is 5.92. The second-order valence-corrected chi connectivity index (χ2v) is 5.24. The Hall–Kier alpha value is -1.05. The molecule has 0 N–H and O–H groups in total. The smallest absolute Gasteiger partial charge is 0.307 e. The maximum absolute atomic E-state index is 10.6. The summed E-state index contributed by atoms with van der Waals surface area (Å²) in [6.07, 6.45) is 9.16. The molecule has 1 unspecified atom stereocenters. The van der Waals surface area contributed by atoms with Crippen LogP contribution in [-0.2, 0) is 9.53 Å². The van der Waals surface area contributed by atoms with Gasteiger partial charge in [0.1, 0.15) is 0 Å². The minimum absolute atomic E-state index is 0.258. The molecular weight excluding hydrogens is 200 g/mol. The summed E-state index contributed by atoms with van der Waals surface area (Å²) in [6.45, 7) is 8.24. The van der Waals surface area contributed by atoms with Gasteiger partial charge in [0.05, 0.1) is 6.26 Å². The van der Waals surface area contributed by atoms with E-state index in [0.29, 0.717) is 11.3 Å². The van der Waals surface area contributed by atoms with Gasteiger partial charge in [-0.05, 0) is 43.6 Å². The third-order valence-electron chi connectivity index (χ3n) is 3.45. The first-order valence-corrected chi connectivity index (χ1v) is 5.92. The summed E-state index contributed by atoms with van der Waals surface area (Å²) in [5.41, 5.74) is 1.81. The molecule has 1 rings (SSSR count). The number of allylic oxidation sites excluding steroid dienone is 3. The van der Waals surface area contributed by atoms with Crippen LogP contribution in [0.4, 0.5) is 0 Å². The zero-order valence-corrected chi connectivity index (χ0v) is 10.7. The molecule has 2 heteroatoms. The van der Waals surface area contributed by atoms with Crippen molar-refractivity contribution in [2.75, 3.05) is 0 Å². The molecule has 0 saturated carbocycles. The first kappa shape index (κ1) is 13.0. The molecule has 1 aliphatic rings. The number of ether oxygens (including phenoxy) is 1. The fourth-order valence-electron chi connectivity index (χ4n) is 2.45. The fraction of sp³-hybridized carbons (Fsp3) is 0.643. The van der Waals surface area contributed by atoms with Crippen LogP contribution in [0.1, 0.15) is 47.0 Å². The fourth-order valence-corrected chi connectivity index (χ4v) is 2.45. The summed E-state index contributed by atoms with van der Waals surface area (Å²) in [4.78, 5) is 10.6. The van der Waals surface area contributed by atoms with E-state index < -0.39 is 0 Å². The molecule has 0 aliphatic heterocycles. The highest BCUT2D eigenvalue weighted by atomic mass is 16.5.